The topological polar surface area (TPSA) is 50.8 Å². The maximum Gasteiger partial charge on any atom is 0.234 e. The summed E-state index contributed by atoms with van der Waals surface area (Å²) in [5.41, 5.74) is 3.55. The Kier molecular flexibility index (Phi) is 5.30. The first-order valence-electron chi connectivity index (χ1n) is 9.65. The lowest BCUT2D eigenvalue weighted by Crippen LogP contribution is -2.36. The zero-order valence-electron chi connectivity index (χ0n) is 15.7. The predicted octanol–water partition coefficient (Wildman–Crippen LogP) is 3.22. The lowest BCUT2D eigenvalue weighted by atomic mass is 10.0. The molecule has 2 aromatic rings. The monoisotopic (exact) mass is 366 g/mol. The van der Waals surface area contributed by atoms with Crippen LogP contribution in [0.25, 0.3) is 0 Å². The van der Waals surface area contributed by atoms with Gasteiger partial charge in [-0.2, -0.15) is 0 Å². The highest BCUT2D eigenvalue weighted by Gasteiger charge is 2.28. The van der Waals surface area contributed by atoms with Crippen LogP contribution >= 0.6 is 0 Å². The number of ether oxygens (including phenoxy) is 2. The Labute approximate surface area is 160 Å². The van der Waals surface area contributed by atoms with Crippen LogP contribution in [0, 0.1) is 6.92 Å². The number of fused-ring (bicyclic) bond motifs is 1. The highest BCUT2D eigenvalue weighted by Crippen LogP contribution is 2.37. The van der Waals surface area contributed by atoms with E-state index in [1.165, 1.54) is 11.1 Å². The maximum absolute atomic E-state index is 12.5. The molecule has 1 saturated heterocycles. The molecule has 0 bridgehead atoms. The summed E-state index contributed by atoms with van der Waals surface area (Å²) in [4.78, 5) is 14.7. The number of carbonyl (C=O) groups excluding carboxylic acids is 1. The number of hydrogen-bond acceptors (Lipinski definition) is 4. The van der Waals surface area contributed by atoms with Crippen molar-refractivity contribution in [3.8, 4) is 11.5 Å². The van der Waals surface area contributed by atoms with Gasteiger partial charge in [0, 0.05) is 12.6 Å². The zero-order chi connectivity index (χ0) is 18.6. The van der Waals surface area contributed by atoms with Crippen LogP contribution in [0.3, 0.4) is 0 Å². The summed E-state index contributed by atoms with van der Waals surface area (Å²) < 4.78 is 11.3. The van der Waals surface area contributed by atoms with E-state index in [1.54, 1.807) is 0 Å². The van der Waals surface area contributed by atoms with Crippen molar-refractivity contribution in [3.63, 3.8) is 0 Å². The van der Waals surface area contributed by atoms with Crippen LogP contribution in [0.4, 0.5) is 0 Å². The number of hydrogen-bond donors (Lipinski definition) is 1. The average molecular weight is 366 g/mol. The summed E-state index contributed by atoms with van der Waals surface area (Å²) in [6.45, 7) is 5.19. The van der Waals surface area contributed by atoms with Crippen molar-refractivity contribution in [3.05, 3.63) is 59.2 Å². The van der Waals surface area contributed by atoms with Crippen LogP contribution in [0.15, 0.2) is 42.5 Å². The van der Waals surface area contributed by atoms with E-state index in [9.17, 15) is 4.79 Å². The second-order valence-corrected chi connectivity index (χ2v) is 7.29. The highest BCUT2D eigenvalue weighted by molar-refractivity contribution is 5.78. The average Bonchev–Trinajstić information content (AvgIpc) is 3.15. The maximum atomic E-state index is 12.5. The van der Waals surface area contributed by atoms with Gasteiger partial charge in [-0.15, -0.1) is 0 Å². The summed E-state index contributed by atoms with van der Waals surface area (Å²) in [7, 11) is 0. The molecule has 0 spiro atoms. The van der Waals surface area contributed by atoms with Gasteiger partial charge in [0.1, 0.15) is 13.2 Å². The normalized spacial score (nSPS) is 19.1. The molecule has 4 rings (SSSR count). The fourth-order valence-corrected chi connectivity index (χ4v) is 3.81. The van der Waals surface area contributed by atoms with Crippen molar-refractivity contribution >= 4 is 5.91 Å². The summed E-state index contributed by atoms with van der Waals surface area (Å²) in [6.07, 6.45) is 2.16. The van der Waals surface area contributed by atoms with Gasteiger partial charge in [0.25, 0.3) is 0 Å². The first-order valence-corrected chi connectivity index (χ1v) is 9.65. The Morgan fingerprint density at radius 1 is 1.11 bits per heavy atom. The molecule has 2 aliphatic heterocycles. The Hall–Kier alpha value is -2.53. The number of nitrogens with one attached hydrogen (secondary N) is 1. The van der Waals surface area contributed by atoms with Gasteiger partial charge in [-0.25, -0.2) is 0 Å². The third-order valence-electron chi connectivity index (χ3n) is 5.27. The third kappa shape index (κ3) is 4.25. The van der Waals surface area contributed by atoms with Crippen molar-refractivity contribution in [2.45, 2.75) is 32.4 Å². The largest absolute Gasteiger partial charge is 0.486 e. The van der Waals surface area contributed by atoms with Gasteiger partial charge in [-0.3, -0.25) is 9.69 Å². The first-order chi connectivity index (χ1) is 13.2. The van der Waals surface area contributed by atoms with E-state index in [4.69, 9.17) is 9.47 Å². The van der Waals surface area contributed by atoms with Crippen LogP contribution in [-0.4, -0.2) is 37.1 Å². The fraction of sp³-hybridized carbons (Fsp3) is 0.409. The number of aryl methyl sites for hydroxylation is 1. The van der Waals surface area contributed by atoms with Gasteiger partial charge < -0.3 is 14.8 Å². The van der Waals surface area contributed by atoms with E-state index in [0.29, 0.717) is 26.3 Å². The van der Waals surface area contributed by atoms with Crippen LogP contribution in [0.1, 0.15) is 35.6 Å². The molecule has 1 fully saturated rings. The number of amides is 1. The molecule has 2 aliphatic rings. The smallest absolute Gasteiger partial charge is 0.234 e. The predicted molar refractivity (Wildman–Crippen MR) is 104 cm³/mol. The molecule has 0 saturated carbocycles. The Morgan fingerprint density at radius 3 is 2.70 bits per heavy atom. The quantitative estimate of drug-likeness (QED) is 0.883. The molecule has 1 unspecified atom stereocenters. The molecule has 0 radical (unpaired) electrons. The van der Waals surface area contributed by atoms with Gasteiger partial charge in [-0.1, -0.05) is 35.9 Å². The van der Waals surface area contributed by atoms with Crippen molar-refractivity contribution < 1.29 is 14.3 Å². The number of benzene rings is 2. The summed E-state index contributed by atoms with van der Waals surface area (Å²) in [6, 6.07) is 14.7. The SMILES string of the molecule is Cc1ccc(CNC(=O)CN2CCCC2c2ccc3c(c2)OCCO3)cc1. The minimum Gasteiger partial charge on any atom is -0.486 e. The molecule has 142 valence electrons. The van der Waals surface area contributed by atoms with Crippen LogP contribution < -0.4 is 14.8 Å². The first kappa shape index (κ1) is 17.9. The van der Waals surface area contributed by atoms with Crippen molar-refractivity contribution in [1.29, 1.82) is 0 Å². The Bertz CT molecular complexity index is 804. The highest BCUT2D eigenvalue weighted by atomic mass is 16.6. The van der Waals surface area contributed by atoms with Gasteiger partial charge in [0.05, 0.1) is 6.54 Å². The van der Waals surface area contributed by atoms with E-state index >= 15 is 0 Å². The summed E-state index contributed by atoms with van der Waals surface area (Å²) in [5.74, 6) is 1.69. The van der Waals surface area contributed by atoms with E-state index in [-0.39, 0.29) is 11.9 Å². The fourth-order valence-electron chi connectivity index (χ4n) is 3.81. The zero-order valence-corrected chi connectivity index (χ0v) is 15.7. The molecule has 0 aromatic heterocycles. The number of nitrogens with zero attached hydrogens (tertiary/aromatic N) is 1. The van der Waals surface area contributed by atoms with Crippen LogP contribution in [0.2, 0.25) is 0 Å². The second-order valence-electron chi connectivity index (χ2n) is 7.29. The van der Waals surface area contributed by atoms with E-state index in [2.05, 4.69) is 53.5 Å². The number of rotatable bonds is 5. The molecule has 5 heteroatoms. The molecular weight excluding hydrogens is 340 g/mol. The molecule has 2 aromatic carbocycles. The van der Waals surface area contributed by atoms with Crippen molar-refractivity contribution in [1.82, 2.24) is 10.2 Å². The number of likely N-dealkylation sites (tertiary alicyclic amines) is 1. The standard InChI is InChI=1S/C22H26N2O3/c1-16-4-6-17(7-5-16)14-23-22(25)15-24-10-2-3-19(24)18-8-9-20-21(13-18)27-12-11-26-20/h4-9,13,19H,2-3,10-12,14-15H2,1H3,(H,23,25). The molecule has 0 aliphatic carbocycles. The third-order valence-corrected chi connectivity index (χ3v) is 5.27. The summed E-state index contributed by atoms with van der Waals surface area (Å²) in [5, 5.41) is 3.04. The Balaban J connectivity index is 1.36. The van der Waals surface area contributed by atoms with E-state index in [1.807, 2.05) is 6.07 Å². The minimum atomic E-state index is 0.0695. The van der Waals surface area contributed by atoms with E-state index in [0.717, 1.165) is 36.4 Å². The summed E-state index contributed by atoms with van der Waals surface area (Å²) >= 11 is 0. The van der Waals surface area contributed by atoms with Crippen molar-refractivity contribution in [2.24, 2.45) is 0 Å². The molecular formula is C22H26N2O3. The molecule has 1 amide bonds. The number of carbonyl (C=O) groups is 1. The Morgan fingerprint density at radius 2 is 1.89 bits per heavy atom. The lowest BCUT2D eigenvalue weighted by molar-refractivity contribution is -0.122. The van der Waals surface area contributed by atoms with Crippen LogP contribution in [0.5, 0.6) is 11.5 Å². The lowest BCUT2D eigenvalue weighted by Gasteiger charge is -2.26. The van der Waals surface area contributed by atoms with E-state index < -0.39 is 0 Å². The molecule has 2 heterocycles. The van der Waals surface area contributed by atoms with Gasteiger partial charge in [-0.05, 0) is 49.6 Å². The molecule has 27 heavy (non-hydrogen) atoms. The van der Waals surface area contributed by atoms with Gasteiger partial charge in [0.15, 0.2) is 11.5 Å². The van der Waals surface area contributed by atoms with Crippen molar-refractivity contribution in [2.75, 3.05) is 26.3 Å². The van der Waals surface area contributed by atoms with Crippen LogP contribution in [-0.2, 0) is 11.3 Å². The van der Waals surface area contributed by atoms with Gasteiger partial charge >= 0.3 is 0 Å². The minimum absolute atomic E-state index is 0.0695. The molecule has 1 N–H and O–H groups in total. The second kappa shape index (κ2) is 8.01. The molecule has 1 atom stereocenters. The molecule has 5 nitrogen and oxygen atoms in total. The van der Waals surface area contributed by atoms with Gasteiger partial charge in [0.2, 0.25) is 5.91 Å².